The lowest BCUT2D eigenvalue weighted by Crippen LogP contribution is -2.30. The van der Waals surface area contributed by atoms with Gasteiger partial charge in [0.25, 0.3) is 0 Å². The molecule has 3 aromatic carbocycles. The molecule has 4 rings (SSSR count). The SMILES string of the molecule is COc1ccc([C@H](NS(=O)(=O)c2ccc(S(=O)(=O)N3CCCC3)cc2)c2ccccc2)cc1. The molecule has 1 atom stereocenters. The van der Waals surface area contributed by atoms with Crippen molar-refractivity contribution in [3.05, 3.63) is 90.0 Å². The highest BCUT2D eigenvalue weighted by atomic mass is 32.2. The van der Waals surface area contributed by atoms with E-state index in [1.54, 1.807) is 19.2 Å². The minimum Gasteiger partial charge on any atom is -0.497 e. The number of sulfonamides is 2. The predicted molar refractivity (Wildman–Crippen MR) is 126 cm³/mol. The van der Waals surface area contributed by atoms with Crippen LogP contribution in [0, 0.1) is 0 Å². The van der Waals surface area contributed by atoms with Crippen molar-refractivity contribution in [2.24, 2.45) is 0 Å². The van der Waals surface area contributed by atoms with Gasteiger partial charge in [0.1, 0.15) is 5.75 Å². The van der Waals surface area contributed by atoms with Crippen LogP contribution in [0.1, 0.15) is 30.0 Å². The molecule has 174 valence electrons. The molecule has 1 N–H and O–H groups in total. The number of ether oxygens (including phenoxy) is 1. The van der Waals surface area contributed by atoms with E-state index < -0.39 is 26.1 Å². The molecular formula is C24H26N2O5S2. The lowest BCUT2D eigenvalue weighted by atomic mass is 10.00. The maximum Gasteiger partial charge on any atom is 0.243 e. The van der Waals surface area contributed by atoms with Gasteiger partial charge in [0, 0.05) is 13.1 Å². The number of hydrogen-bond donors (Lipinski definition) is 1. The zero-order valence-corrected chi connectivity index (χ0v) is 19.8. The molecule has 33 heavy (non-hydrogen) atoms. The van der Waals surface area contributed by atoms with E-state index in [9.17, 15) is 16.8 Å². The van der Waals surface area contributed by atoms with Crippen LogP contribution in [0.3, 0.4) is 0 Å². The van der Waals surface area contributed by atoms with Crippen LogP contribution >= 0.6 is 0 Å². The first-order valence-corrected chi connectivity index (χ1v) is 13.5. The van der Waals surface area contributed by atoms with Crippen LogP contribution in [0.2, 0.25) is 0 Å². The van der Waals surface area contributed by atoms with E-state index >= 15 is 0 Å². The molecule has 0 spiro atoms. The van der Waals surface area contributed by atoms with Gasteiger partial charge in [-0.1, -0.05) is 42.5 Å². The molecule has 0 unspecified atom stereocenters. The maximum atomic E-state index is 13.2. The van der Waals surface area contributed by atoms with Gasteiger partial charge in [-0.3, -0.25) is 0 Å². The largest absolute Gasteiger partial charge is 0.497 e. The third kappa shape index (κ3) is 5.11. The van der Waals surface area contributed by atoms with Gasteiger partial charge in [-0.25, -0.2) is 16.8 Å². The molecule has 0 radical (unpaired) electrons. The second kappa shape index (κ2) is 9.64. The van der Waals surface area contributed by atoms with E-state index in [1.165, 1.54) is 28.6 Å². The summed E-state index contributed by atoms with van der Waals surface area (Å²) in [6.07, 6.45) is 1.67. The smallest absolute Gasteiger partial charge is 0.243 e. The normalized spacial score (nSPS) is 15.9. The molecule has 1 saturated heterocycles. The van der Waals surface area contributed by atoms with E-state index in [1.807, 2.05) is 42.5 Å². The van der Waals surface area contributed by atoms with Crippen LogP contribution in [-0.2, 0) is 20.0 Å². The summed E-state index contributed by atoms with van der Waals surface area (Å²) >= 11 is 0. The van der Waals surface area contributed by atoms with E-state index in [2.05, 4.69) is 4.72 Å². The average molecular weight is 487 g/mol. The van der Waals surface area contributed by atoms with E-state index in [0.29, 0.717) is 18.8 Å². The molecule has 7 nitrogen and oxygen atoms in total. The number of rotatable bonds is 8. The molecular weight excluding hydrogens is 460 g/mol. The molecule has 3 aromatic rings. The standard InChI is InChI=1S/C24H26N2O5S2/c1-31-21-11-9-20(10-12-21)24(19-7-3-2-4-8-19)25-32(27,28)22-13-15-23(16-14-22)33(29,30)26-17-5-6-18-26/h2-4,7-16,24-25H,5-6,17-18H2,1H3/t24-/m1/s1. The Morgan fingerprint density at radius 3 is 1.88 bits per heavy atom. The summed E-state index contributed by atoms with van der Waals surface area (Å²) in [6, 6.07) is 21.2. The summed E-state index contributed by atoms with van der Waals surface area (Å²) in [7, 11) is -5.98. The van der Waals surface area contributed by atoms with Crippen molar-refractivity contribution >= 4 is 20.0 Å². The van der Waals surface area contributed by atoms with Gasteiger partial charge in [0.05, 0.1) is 22.9 Å². The lowest BCUT2D eigenvalue weighted by molar-refractivity contribution is 0.414. The molecule has 1 aliphatic heterocycles. The van der Waals surface area contributed by atoms with Crippen molar-refractivity contribution in [3.63, 3.8) is 0 Å². The molecule has 0 aliphatic carbocycles. The summed E-state index contributed by atoms with van der Waals surface area (Å²) in [5.74, 6) is 0.670. The van der Waals surface area contributed by atoms with Gasteiger partial charge >= 0.3 is 0 Å². The number of methoxy groups -OCH3 is 1. The number of hydrogen-bond acceptors (Lipinski definition) is 5. The first-order chi connectivity index (χ1) is 15.8. The second-order valence-corrected chi connectivity index (χ2v) is 11.5. The van der Waals surface area contributed by atoms with Crippen molar-refractivity contribution in [1.82, 2.24) is 9.03 Å². The zero-order chi connectivity index (χ0) is 23.5. The Hall–Kier alpha value is -2.72. The monoisotopic (exact) mass is 486 g/mol. The number of nitrogens with zero attached hydrogens (tertiary/aromatic N) is 1. The Balaban J connectivity index is 1.63. The van der Waals surface area contributed by atoms with Crippen LogP contribution in [0.5, 0.6) is 5.75 Å². The highest BCUT2D eigenvalue weighted by Gasteiger charge is 2.28. The van der Waals surface area contributed by atoms with Gasteiger partial charge in [-0.15, -0.1) is 0 Å². The highest BCUT2D eigenvalue weighted by Crippen LogP contribution is 2.27. The van der Waals surface area contributed by atoms with Gasteiger partial charge in [-0.05, 0) is 60.4 Å². The molecule has 1 heterocycles. The van der Waals surface area contributed by atoms with Crippen LogP contribution in [0.15, 0.2) is 88.7 Å². The first kappa shape index (κ1) is 23.4. The van der Waals surface area contributed by atoms with Crippen LogP contribution in [-0.4, -0.2) is 41.3 Å². The Morgan fingerprint density at radius 1 is 0.758 bits per heavy atom. The van der Waals surface area contributed by atoms with Crippen molar-refractivity contribution < 1.29 is 21.6 Å². The highest BCUT2D eigenvalue weighted by molar-refractivity contribution is 7.89. The summed E-state index contributed by atoms with van der Waals surface area (Å²) in [5.41, 5.74) is 1.53. The Bertz CT molecular complexity index is 1290. The van der Waals surface area contributed by atoms with Gasteiger partial charge in [0.15, 0.2) is 0 Å². The molecule has 1 fully saturated rings. The van der Waals surface area contributed by atoms with Crippen LogP contribution in [0.25, 0.3) is 0 Å². The molecule has 0 amide bonds. The fourth-order valence-corrected chi connectivity index (χ4v) is 6.59. The minimum absolute atomic E-state index is 0.00249. The Labute approximate surface area is 195 Å². The van der Waals surface area contributed by atoms with E-state index in [4.69, 9.17) is 4.74 Å². The van der Waals surface area contributed by atoms with Crippen molar-refractivity contribution in [3.8, 4) is 5.75 Å². The summed E-state index contributed by atoms with van der Waals surface area (Å²) in [4.78, 5) is 0.0930. The predicted octanol–water partition coefficient (Wildman–Crippen LogP) is 3.55. The summed E-state index contributed by atoms with van der Waals surface area (Å²) < 4.78 is 61.4. The Morgan fingerprint density at radius 2 is 1.30 bits per heavy atom. The third-order valence-electron chi connectivity index (χ3n) is 5.69. The molecule has 9 heteroatoms. The van der Waals surface area contributed by atoms with Crippen LogP contribution in [0.4, 0.5) is 0 Å². The average Bonchev–Trinajstić information content (AvgIpc) is 3.39. The van der Waals surface area contributed by atoms with Gasteiger partial charge < -0.3 is 4.74 Å². The number of benzene rings is 3. The van der Waals surface area contributed by atoms with Gasteiger partial charge in [-0.2, -0.15) is 9.03 Å². The first-order valence-electron chi connectivity index (χ1n) is 10.6. The van der Waals surface area contributed by atoms with E-state index in [-0.39, 0.29) is 9.79 Å². The van der Waals surface area contributed by atoms with Gasteiger partial charge in [0.2, 0.25) is 20.0 Å². The summed E-state index contributed by atoms with van der Waals surface area (Å²) in [6.45, 7) is 0.981. The topological polar surface area (TPSA) is 92.8 Å². The number of nitrogens with one attached hydrogen (secondary N) is 1. The van der Waals surface area contributed by atoms with E-state index in [0.717, 1.165) is 24.0 Å². The van der Waals surface area contributed by atoms with Crippen LogP contribution < -0.4 is 9.46 Å². The molecule has 0 aromatic heterocycles. The fourth-order valence-electron chi connectivity index (χ4n) is 3.86. The summed E-state index contributed by atoms with van der Waals surface area (Å²) in [5, 5.41) is 0. The molecule has 0 bridgehead atoms. The minimum atomic E-state index is -3.94. The third-order valence-corrected chi connectivity index (χ3v) is 9.04. The fraction of sp³-hybridized carbons (Fsp3) is 0.250. The van der Waals surface area contributed by atoms with Crippen molar-refractivity contribution in [2.45, 2.75) is 28.7 Å². The molecule has 0 saturated carbocycles. The van der Waals surface area contributed by atoms with Crippen molar-refractivity contribution in [2.75, 3.05) is 20.2 Å². The Kier molecular flexibility index (Phi) is 6.85. The maximum absolute atomic E-state index is 13.2. The van der Waals surface area contributed by atoms with Crippen molar-refractivity contribution in [1.29, 1.82) is 0 Å². The zero-order valence-electron chi connectivity index (χ0n) is 18.2. The molecule has 1 aliphatic rings. The lowest BCUT2D eigenvalue weighted by Gasteiger charge is -2.20. The second-order valence-electron chi connectivity index (χ2n) is 7.82. The quantitative estimate of drug-likeness (QED) is 0.526.